The Bertz CT molecular complexity index is 1250. The Morgan fingerprint density at radius 3 is 2.36 bits per heavy atom. The molecule has 2 amide bonds. The molecule has 1 saturated heterocycles. The molecule has 1 N–H and O–H groups in total. The van der Waals surface area contributed by atoms with Crippen molar-refractivity contribution in [2.75, 3.05) is 10.2 Å². The van der Waals surface area contributed by atoms with Gasteiger partial charge < -0.3 is 5.32 Å². The van der Waals surface area contributed by atoms with Gasteiger partial charge in [-0.2, -0.15) is 5.26 Å². The molecule has 3 aromatic carbocycles. The van der Waals surface area contributed by atoms with E-state index in [1.165, 1.54) is 16.7 Å². The van der Waals surface area contributed by atoms with Gasteiger partial charge in [0.25, 0.3) is 5.91 Å². The van der Waals surface area contributed by atoms with Crippen LogP contribution in [0.4, 0.5) is 11.4 Å². The molecule has 0 saturated carbocycles. The van der Waals surface area contributed by atoms with E-state index in [0.29, 0.717) is 22.8 Å². The van der Waals surface area contributed by atoms with E-state index in [-0.39, 0.29) is 11.5 Å². The van der Waals surface area contributed by atoms with Crippen molar-refractivity contribution in [2.24, 2.45) is 0 Å². The van der Waals surface area contributed by atoms with Gasteiger partial charge in [0.05, 0.1) is 5.25 Å². The van der Waals surface area contributed by atoms with Gasteiger partial charge in [0, 0.05) is 15.8 Å². The van der Waals surface area contributed by atoms with Crippen LogP contribution in [0, 0.1) is 18.3 Å². The van der Waals surface area contributed by atoms with Gasteiger partial charge in [0.15, 0.2) is 0 Å². The summed E-state index contributed by atoms with van der Waals surface area (Å²) in [5.74, 6) is -0.695. The number of carbonyl (C=O) groups is 2. The first kappa shape index (κ1) is 22.8. The number of thioether (sulfide) groups is 1. The average molecular weight is 518 g/mol. The van der Waals surface area contributed by atoms with Gasteiger partial charge >= 0.3 is 0 Å². The van der Waals surface area contributed by atoms with Gasteiger partial charge in [-0.1, -0.05) is 75.7 Å². The Morgan fingerprint density at radius 1 is 1.06 bits per heavy atom. The molecular formula is C26H20BrN3O2S. The molecule has 1 fully saturated rings. The number of halogens is 1. The molecule has 0 aromatic heterocycles. The van der Waals surface area contributed by atoms with Gasteiger partial charge in [-0.3, -0.25) is 14.5 Å². The number of nitriles is 1. The van der Waals surface area contributed by atoms with Gasteiger partial charge in [0.2, 0.25) is 5.91 Å². The summed E-state index contributed by atoms with van der Waals surface area (Å²) < 4.78 is 0.880. The zero-order chi connectivity index (χ0) is 23.4. The number of nitrogens with zero attached hydrogens (tertiary/aromatic N) is 2. The molecule has 5 nitrogen and oxygen atoms in total. The van der Waals surface area contributed by atoms with Gasteiger partial charge in [-0.15, -0.1) is 0 Å². The van der Waals surface area contributed by atoms with Crippen molar-refractivity contribution >= 4 is 50.9 Å². The van der Waals surface area contributed by atoms with Gasteiger partial charge in [-0.05, 0) is 55.3 Å². The third kappa shape index (κ3) is 5.19. The predicted octanol–water partition coefficient (Wildman–Crippen LogP) is 5.82. The Hall–Kier alpha value is -3.34. The minimum absolute atomic E-state index is 0.0904. The maximum Gasteiger partial charge on any atom is 0.269 e. The van der Waals surface area contributed by atoms with Crippen LogP contribution in [0.1, 0.15) is 11.1 Å². The molecule has 0 radical (unpaired) electrons. The lowest BCUT2D eigenvalue weighted by molar-refractivity contribution is -0.117. The van der Waals surface area contributed by atoms with Crippen molar-refractivity contribution in [1.29, 1.82) is 5.26 Å². The van der Waals surface area contributed by atoms with Crippen LogP contribution in [-0.4, -0.2) is 17.1 Å². The molecule has 1 aliphatic heterocycles. The normalized spacial score (nSPS) is 16.9. The number of nitrogens with one attached hydrogen (secondary N) is 1. The molecule has 1 aliphatic rings. The Morgan fingerprint density at radius 2 is 1.73 bits per heavy atom. The zero-order valence-electron chi connectivity index (χ0n) is 17.8. The first-order chi connectivity index (χ1) is 16.0. The molecule has 0 unspecified atom stereocenters. The number of anilines is 2. The largest absolute Gasteiger partial charge is 0.321 e. The number of carbonyl (C=O) groups excluding carboxylic acids is 2. The monoisotopic (exact) mass is 517 g/mol. The summed E-state index contributed by atoms with van der Waals surface area (Å²) in [4.78, 5) is 28.0. The van der Waals surface area contributed by atoms with E-state index in [4.69, 9.17) is 0 Å². The van der Waals surface area contributed by atoms with Gasteiger partial charge in [-0.25, -0.2) is 0 Å². The number of aryl methyl sites for hydroxylation is 1. The third-order valence-electron chi connectivity index (χ3n) is 5.16. The Kier molecular flexibility index (Phi) is 6.97. The molecule has 4 rings (SSSR count). The maximum atomic E-state index is 13.5. The van der Waals surface area contributed by atoms with Crippen LogP contribution in [0.2, 0.25) is 0 Å². The first-order valence-electron chi connectivity index (χ1n) is 10.3. The highest BCUT2D eigenvalue weighted by Gasteiger charge is 2.40. The quantitative estimate of drug-likeness (QED) is 0.341. The van der Waals surface area contributed by atoms with Gasteiger partial charge in [0.1, 0.15) is 16.7 Å². The standard InChI is InChI=1S/C26H20BrN3O2S/c1-17-7-13-21(14-8-17)30-25(32)23(15-18-5-3-2-4-6-18)33-26(30)22(16-28)24(31)29-20-11-9-19(27)10-12-20/h2-14,23H,15H2,1H3,(H,29,31)/b26-22+/t23-/m0/s1. The molecule has 164 valence electrons. The van der Waals surface area contributed by atoms with Crippen molar-refractivity contribution in [1.82, 2.24) is 0 Å². The van der Waals surface area contributed by atoms with Crippen molar-refractivity contribution in [3.8, 4) is 6.07 Å². The smallest absolute Gasteiger partial charge is 0.269 e. The van der Waals surface area contributed by atoms with E-state index in [1.54, 1.807) is 24.3 Å². The minimum Gasteiger partial charge on any atom is -0.321 e. The molecule has 7 heteroatoms. The lowest BCUT2D eigenvalue weighted by atomic mass is 10.1. The molecule has 3 aromatic rings. The average Bonchev–Trinajstić information content (AvgIpc) is 3.12. The van der Waals surface area contributed by atoms with Crippen molar-refractivity contribution < 1.29 is 9.59 Å². The molecule has 0 aliphatic carbocycles. The Labute approximate surface area is 205 Å². The summed E-state index contributed by atoms with van der Waals surface area (Å²) in [5, 5.41) is 12.6. The van der Waals surface area contributed by atoms with Crippen LogP contribution in [0.25, 0.3) is 0 Å². The van der Waals surface area contributed by atoms with E-state index >= 15 is 0 Å². The van der Waals surface area contributed by atoms with Crippen molar-refractivity contribution in [3.05, 3.63) is 105 Å². The highest BCUT2D eigenvalue weighted by atomic mass is 79.9. The predicted molar refractivity (Wildman–Crippen MR) is 136 cm³/mol. The molecule has 0 spiro atoms. The fourth-order valence-corrected chi connectivity index (χ4v) is 5.04. The molecule has 1 atom stereocenters. The second-order valence-electron chi connectivity index (χ2n) is 7.56. The molecular weight excluding hydrogens is 498 g/mol. The summed E-state index contributed by atoms with van der Waals surface area (Å²) in [5.41, 5.74) is 3.18. The molecule has 0 bridgehead atoms. The van der Waals surface area contributed by atoms with Crippen LogP contribution >= 0.6 is 27.7 Å². The zero-order valence-corrected chi connectivity index (χ0v) is 20.2. The highest BCUT2D eigenvalue weighted by Crippen LogP contribution is 2.42. The topological polar surface area (TPSA) is 73.2 Å². The highest BCUT2D eigenvalue weighted by molar-refractivity contribution is 9.10. The lowest BCUT2D eigenvalue weighted by Crippen LogP contribution is -2.30. The van der Waals surface area contributed by atoms with E-state index in [9.17, 15) is 14.9 Å². The fourth-order valence-electron chi connectivity index (χ4n) is 3.47. The lowest BCUT2D eigenvalue weighted by Gasteiger charge is -2.19. The summed E-state index contributed by atoms with van der Waals surface area (Å²) in [6.45, 7) is 1.96. The van der Waals surface area contributed by atoms with Crippen molar-refractivity contribution in [3.63, 3.8) is 0 Å². The molecule has 33 heavy (non-hydrogen) atoms. The van der Waals surface area contributed by atoms with E-state index < -0.39 is 11.2 Å². The number of hydrogen-bond acceptors (Lipinski definition) is 4. The molecule has 1 heterocycles. The van der Waals surface area contributed by atoms with Crippen LogP contribution < -0.4 is 10.2 Å². The maximum absolute atomic E-state index is 13.5. The third-order valence-corrected chi connectivity index (χ3v) is 6.96. The summed E-state index contributed by atoms with van der Waals surface area (Å²) >= 11 is 4.63. The fraction of sp³-hybridized carbons (Fsp3) is 0.115. The summed E-state index contributed by atoms with van der Waals surface area (Å²) in [6.07, 6.45) is 0.503. The van der Waals surface area contributed by atoms with Crippen LogP contribution in [-0.2, 0) is 16.0 Å². The van der Waals surface area contributed by atoms with E-state index in [1.807, 2.05) is 67.6 Å². The second kappa shape index (κ2) is 10.1. The number of hydrogen-bond donors (Lipinski definition) is 1. The Balaban J connectivity index is 1.72. The second-order valence-corrected chi connectivity index (χ2v) is 9.67. The van der Waals surface area contributed by atoms with Crippen LogP contribution in [0.3, 0.4) is 0 Å². The summed E-state index contributed by atoms with van der Waals surface area (Å²) in [7, 11) is 0. The SMILES string of the molecule is Cc1ccc(N2C(=O)[C@H](Cc3ccccc3)S/C2=C(\C#N)C(=O)Nc2ccc(Br)cc2)cc1. The number of benzene rings is 3. The number of amides is 2. The van der Waals surface area contributed by atoms with E-state index in [2.05, 4.69) is 21.2 Å². The minimum atomic E-state index is -0.549. The van der Waals surface area contributed by atoms with E-state index in [0.717, 1.165) is 15.6 Å². The van der Waals surface area contributed by atoms with Crippen LogP contribution in [0.15, 0.2) is 93.9 Å². The number of rotatable bonds is 5. The van der Waals surface area contributed by atoms with Crippen LogP contribution in [0.5, 0.6) is 0 Å². The summed E-state index contributed by atoms with van der Waals surface area (Å²) in [6, 6.07) is 26.3. The van der Waals surface area contributed by atoms with Crippen molar-refractivity contribution in [2.45, 2.75) is 18.6 Å². The first-order valence-corrected chi connectivity index (χ1v) is 12.0.